The summed E-state index contributed by atoms with van der Waals surface area (Å²) in [5, 5.41) is 1.25. The lowest BCUT2D eigenvalue weighted by Gasteiger charge is -2.10. The summed E-state index contributed by atoms with van der Waals surface area (Å²) in [4.78, 5) is 3.46. The number of benzene rings is 2. The molecule has 0 aliphatic heterocycles. The zero-order chi connectivity index (χ0) is 19.9. The third-order valence-electron chi connectivity index (χ3n) is 5.12. The molecule has 0 amide bonds. The molecular weight excluding hydrogens is 338 g/mol. The summed E-state index contributed by atoms with van der Waals surface area (Å²) < 4.78 is 0. The summed E-state index contributed by atoms with van der Waals surface area (Å²) in [7, 11) is 0. The normalized spacial score (nSPS) is 12.5. The lowest BCUT2D eigenvalue weighted by Crippen LogP contribution is -1.95. The van der Waals surface area contributed by atoms with Crippen molar-refractivity contribution >= 4 is 17.0 Å². The van der Waals surface area contributed by atoms with Gasteiger partial charge in [-0.05, 0) is 55.0 Å². The number of aryl methyl sites for hydroxylation is 2. The largest absolute Gasteiger partial charge is 0.358 e. The molecular formula is C27H29N. The number of allylic oxidation sites excluding steroid dienone is 6. The third kappa shape index (κ3) is 4.61. The minimum atomic E-state index is 0.886. The van der Waals surface area contributed by atoms with Gasteiger partial charge in [-0.3, -0.25) is 0 Å². The van der Waals surface area contributed by atoms with Crippen LogP contribution in [0.1, 0.15) is 35.7 Å². The maximum Gasteiger partial charge on any atom is 0.0462 e. The van der Waals surface area contributed by atoms with E-state index in [4.69, 9.17) is 0 Å². The molecule has 28 heavy (non-hydrogen) atoms. The highest BCUT2D eigenvalue weighted by molar-refractivity contribution is 5.90. The van der Waals surface area contributed by atoms with Crippen molar-refractivity contribution in [2.75, 3.05) is 0 Å². The van der Waals surface area contributed by atoms with Gasteiger partial charge in [0.1, 0.15) is 0 Å². The summed E-state index contributed by atoms with van der Waals surface area (Å²) in [5.41, 5.74) is 8.54. The van der Waals surface area contributed by atoms with Gasteiger partial charge in [-0.1, -0.05) is 86.3 Å². The van der Waals surface area contributed by atoms with Crippen molar-refractivity contribution in [3.63, 3.8) is 0 Å². The number of aromatic nitrogens is 1. The Labute approximate surface area is 168 Å². The van der Waals surface area contributed by atoms with Crippen LogP contribution in [-0.4, -0.2) is 4.98 Å². The van der Waals surface area contributed by atoms with E-state index in [-0.39, 0.29) is 0 Å². The molecule has 0 bridgehead atoms. The van der Waals surface area contributed by atoms with Crippen molar-refractivity contribution in [1.29, 1.82) is 0 Å². The average molecular weight is 368 g/mol. The standard InChI is InChI=1S/C27H29N/c1-5-6-7-13-24(19-23-14-9-8-12-20(23)2)21(3)17-18-25-22(4)28-27-16-11-10-15-26(25)27/h6-18,28H,3,5,19H2,1-2,4H3/b7-6-,18-17-,24-13+. The molecule has 0 aliphatic carbocycles. The Balaban J connectivity index is 1.89. The van der Waals surface area contributed by atoms with E-state index in [1.165, 1.54) is 38.9 Å². The molecule has 0 aliphatic rings. The molecule has 1 N–H and O–H groups in total. The SMILES string of the molecule is C=C(/C=C\c1c(C)[nH]c2ccccc12)/C(=C/C=C\CC)Cc1ccccc1C. The topological polar surface area (TPSA) is 15.8 Å². The third-order valence-corrected chi connectivity index (χ3v) is 5.12. The molecule has 1 heterocycles. The van der Waals surface area contributed by atoms with Crippen LogP contribution in [-0.2, 0) is 6.42 Å². The molecule has 0 saturated carbocycles. The van der Waals surface area contributed by atoms with Crippen molar-refractivity contribution in [2.45, 2.75) is 33.6 Å². The smallest absolute Gasteiger partial charge is 0.0462 e. The van der Waals surface area contributed by atoms with E-state index in [9.17, 15) is 0 Å². The fraction of sp³-hybridized carbons (Fsp3) is 0.185. The van der Waals surface area contributed by atoms with E-state index >= 15 is 0 Å². The van der Waals surface area contributed by atoms with Crippen LogP contribution in [0.2, 0.25) is 0 Å². The fourth-order valence-corrected chi connectivity index (χ4v) is 3.42. The lowest BCUT2D eigenvalue weighted by molar-refractivity contribution is 1.14. The van der Waals surface area contributed by atoms with Crippen molar-refractivity contribution < 1.29 is 0 Å². The van der Waals surface area contributed by atoms with Crippen LogP contribution < -0.4 is 0 Å². The highest BCUT2D eigenvalue weighted by Gasteiger charge is 2.07. The highest BCUT2D eigenvalue weighted by atomic mass is 14.7. The molecule has 2 aromatic carbocycles. The molecule has 3 aromatic rings. The first-order valence-electron chi connectivity index (χ1n) is 9.95. The Morgan fingerprint density at radius 1 is 1.04 bits per heavy atom. The number of hydrogen-bond donors (Lipinski definition) is 1. The zero-order valence-electron chi connectivity index (χ0n) is 17.1. The number of rotatable bonds is 7. The van der Waals surface area contributed by atoms with E-state index < -0.39 is 0 Å². The second-order valence-corrected chi connectivity index (χ2v) is 7.20. The van der Waals surface area contributed by atoms with Gasteiger partial charge in [0.05, 0.1) is 0 Å². The van der Waals surface area contributed by atoms with Crippen molar-refractivity contribution in [2.24, 2.45) is 0 Å². The second kappa shape index (κ2) is 9.23. The second-order valence-electron chi connectivity index (χ2n) is 7.20. The van der Waals surface area contributed by atoms with Crippen molar-refractivity contribution in [3.8, 4) is 0 Å². The van der Waals surface area contributed by atoms with Crippen LogP contribution in [0, 0.1) is 13.8 Å². The fourth-order valence-electron chi connectivity index (χ4n) is 3.42. The molecule has 0 fully saturated rings. The Bertz CT molecular complexity index is 1060. The van der Waals surface area contributed by atoms with Gasteiger partial charge in [-0.15, -0.1) is 0 Å². The quantitative estimate of drug-likeness (QED) is 0.416. The maximum atomic E-state index is 4.37. The maximum absolute atomic E-state index is 4.37. The molecule has 0 unspecified atom stereocenters. The van der Waals surface area contributed by atoms with Crippen LogP contribution in [0.4, 0.5) is 0 Å². The van der Waals surface area contributed by atoms with Crippen LogP contribution in [0.25, 0.3) is 17.0 Å². The minimum absolute atomic E-state index is 0.886. The molecule has 3 rings (SSSR count). The molecule has 142 valence electrons. The zero-order valence-corrected chi connectivity index (χ0v) is 17.1. The first-order chi connectivity index (χ1) is 13.6. The van der Waals surface area contributed by atoms with Gasteiger partial charge in [-0.2, -0.15) is 0 Å². The Morgan fingerprint density at radius 2 is 1.79 bits per heavy atom. The van der Waals surface area contributed by atoms with Gasteiger partial charge in [0, 0.05) is 22.2 Å². The first-order valence-corrected chi connectivity index (χ1v) is 9.95. The number of hydrogen-bond acceptors (Lipinski definition) is 0. The lowest BCUT2D eigenvalue weighted by atomic mass is 9.95. The van der Waals surface area contributed by atoms with E-state index in [0.29, 0.717) is 0 Å². The first kappa shape index (κ1) is 19.7. The van der Waals surface area contributed by atoms with Gasteiger partial charge in [0.2, 0.25) is 0 Å². The predicted octanol–water partition coefficient (Wildman–Crippen LogP) is 7.49. The Hall–Kier alpha value is -3.06. The molecule has 1 nitrogen and oxygen atoms in total. The van der Waals surface area contributed by atoms with E-state index in [1.807, 2.05) is 0 Å². The summed E-state index contributed by atoms with van der Waals surface area (Å²) in [6.07, 6.45) is 12.8. The summed E-state index contributed by atoms with van der Waals surface area (Å²) in [6.45, 7) is 10.8. The number of aromatic amines is 1. The molecule has 1 heteroatoms. The van der Waals surface area contributed by atoms with E-state index in [2.05, 4.69) is 111 Å². The number of fused-ring (bicyclic) bond motifs is 1. The predicted molar refractivity (Wildman–Crippen MR) is 124 cm³/mol. The minimum Gasteiger partial charge on any atom is -0.358 e. The van der Waals surface area contributed by atoms with Gasteiger partial charge < -0.3 is 4.98 Å². The Kier molecular flexibility index (Phi) is 6.49. The summed E-state index contributed by atoms with van der Waals surface area (Å²) in [6, 6.07) is 17.0. The highest BCUT2D eigenvalue weighted by Crippen LogP contribution is 2.25. The number of H-pyrrole nitrogens is 1. The van der Waals surface area contributed by atoms with Gasteiger partial charge in [0.15, 0.2) is 0 Å². The molecule has 1 aromatic heterocycles. The van der Waals surface area contributed by atoms with Crippen LogP contribution in [0.15, 0.2) is 90.6 Å². The van der Waals surface area contributed by atoms with Crippen molar-refractivity contribution in [1.82, 2.24) is 4.98 Å². The molecule has 0 spiro atoms. The molecule has 0 atom stereocenters. The van der Waals surface area contributed by atoms with Crippen LogP contribution >= 0.6 is 0 Å². The van der Waals surface area contributed by atoms with Crippen molar-refractivity contribution in [3.05, 3.63) is 113 Å². The number of nitrogens with one attached hydrogen (secondary N) is 1. The van der Waals surface area contributed by atoms with Crippen LogP contribution in [0.3, 0.4) is 0 Å². The Morgan fingerprint density at radius 3 is 2.57 bits per heavy atom. The summed E-state index contributed by atoms with van der Waals surface area (Å²) in [5.74, 6) is 0. The van der Waals surface area contributed by atoms with E-state index in [1.54, 1.807) is 0 Å². The monoisotopic (exact) mass is 367 g/mol. The van der Waals surface area contributed by atoms with E-state index in [0.717, 1.165) is 18.4 Å². The van der Waals surface area contributed by atoms with Gasteiger partial charge in [-0.25, -0.2) is 0 Å². The van der Waals surface area contributed by atoms with Crippen LogP contribution in [0.5, 0.6) is 0 Å². The molecule has 0 radical (unpaired) electrons. The number of para-hydroxylation sites is 1. The summed E-state index contributed by atoms with van der Waals surface area (Å²) >= 11 is 0. The van der Waals surface area contributed by atoms with Gasteiger partial charge >= 0.3 is 0 Å². The molecule has 0 saturated heterocycles. The average Bonchev–Trinajstić information content (AvgIpc) is 3.02. The van der Waals surface area contributed by atoms with Gasteiger partial charge in [0.25, 0.3) is 0 Å².